The molecule has 2 aromatic carbocycles. The summed E-state index contributed by atoms with van der Waals surface area (Å²) < 4.78 is 19.3. The second-order valence-electron chi connectivity index (χ2n) is 8.36. The van der Waals surface area contributed by atoms with Crippen LogP contribution in [0, 0.1) is 5.82 Å². The number of carbonyl (C=O) groups is 1. The highest BCUT2D eigenvalue weighted by atomic mass is 35.5. The number of carbonyl (C=O) groups excluding carboxylic acids is 1. The Kier molecular flexibility index (Phi) is 6.59. The number of ether oxygens (including phenoxy) is 1. The second kappa shape index (κ2) is 9.36. The minimum absolute atomic E-state index is 0.0155. The van der Waals surface area contributed by atoms with Gasteiger partial charge in [0.1, 0.15) is 11.6 Å². The zero-order chi connectivity index (χ0) is 21.0. The van der Waals surface area contributed by atoms with Crippen molar-refractivity contribution in [1.82, 2.24) is 9.80 Å². The first-order chi connectivity index (χ1) is 14.5. The van der Waals surface area contributed by atoms with Gasteiger partial charge in [-0.15, -0.1) is 0 Å². The van der Waals surface area contributed by atoms with Crippen molar-refractivity contribution in [3.63, 3.8) is 0 Å². The van der Waals surface area contributed by atoms with Crippen LogP contribution in [0.2, 0.25) is 5.02 Å². The molecule has 2 fully saturated rings. The van der Waals surface area contributed by atoms with E-state index in [1.54, 1.807) is 30.3 Å². The molecule has 6 heteroatoms. The third kappa shape index (κ3) is 4.96. The number of halogens is 2. The van der Waals surface area contributed by atoms with Gasteiger partial charge in [0.25, 0.3) is 5.91 Å². The molecule has 2 aliphatic rings. The molecular weight excluding hydrogens is 403 g/mol. The number of nitrogens with zero attached hydrogens (tertiary/aromatic N) is 2. The molecular formula is C24H28ClFN2O2. The summed E-state index contributed by atoms with van der Waals surface area (Å²) in [7, 11) is 0. The number of benzene rings is 2. The number of rotatable bonds is 5. The van der Waals surface area contributed by atoms with E-state index in [0.717, 1.165) is 63.8 Å². The van der Waals surface area contributed by atoms with Crippen molar-refractivity contribution in [2.45, 2.75) is 44.2 Å². The summed E-state index contributed by atoms with van der Waals surface area (Å²) in [4.78, 5) is 17.2. The molecule has 2 aliphatic heterocycles. The minimum atomic E-state index is -0.182. The van der Waals surface area contributed by atoms with Crippen molar-refractivity contribution in [1.29, 1.82) is 0 Å². The Balaban J connectivity index is 1.36. The van der Waals surface area contributed by atoms with Gasteiger partial charge in [-0.1, -0.05) is 29.8 Å². The van der Waals surface area contributed by atoms with E-state index in [1.807, 2.05) is 17.0 Å². The van der Waals surface area contributed by atoms with Crippen LogP contribution in [-0.4, -0.2) is 47.5 Å². The Morgan fingerprint density at radius 2 is 1.83 bits per heavy atom. The van der Waals surface area contributed by atoms with Crippen molar-refractivity contribution >= 4 is 17.5 Å². The molecule has 0 N–H and O–H groups in total. The van der Waals surface area contributed by atoms with Gasteiger partial charge in [0.15, 0.2) is 6.61 Å². The van der Waals surface area contributed by atoms with Gasteiger partial charge >= 0.3 is 0 Å². The molecule has 1 amide bonds. The van der Waals surface area contributed by atoms with E-state index < -0.39 is 0 Å². The highest BCUT2D eigenvalue weighted by Crippen LogP contribution is 2.39. The first kappa shape index (κ1) is 21.1. The minimum Gasteiger partial charge on any atom is -0.484 e. The van der Waals surface area contributed by atoms with Crippen molar-refractivity contribution in [2.75, 3.05) is 26.2 Å². The molecule has 0 aliphatic carbocycles. The fraction of sp³-hybridized carbons (Fsp3) is 0.458. The first-order valence-corrected chi connectivity index (χ1v) is 11.1. The molecule has 4 nitrogen and oxygen atoms in total. The van der Waals surface area contributed by atoms with Crippen LogP contribution in [0.5, 0.6) is 5.75 Å². The fourth-order valence-electron chi connectivity index (χ4n) is 4.88. The van der Waals surface area contributed by atoms with Gasteiger partial charge in [-0.05, 0) is 74.5 Å². The number of hydrogen-bond acceptors (Lipinski definition) is 3. The van der Waals surface area contributed by atoms with Crippen molar-refractivity contribution in [3.05, 3.63) is 64.9 Å². The highest BCUT2D eigenvalue weighted by molar-refractivity contribution is 6.30. The van der Waals surface area contributed by atoms with Gasteiger partial charge in [0, 0.05) is 30.2 Å². The van der Waals surface area contributed by atoms with Crippen LogP contribution in [0.3, 0.4) is 0 Å². The van der Waals surface area contributed by atoms with E-state index in [-0.39, 0.29) is 23.9 Å². The fourth-order valence-corrected chi connectivity index (χ4v) is 5.06. The Hall–Kier alpha value is -2.11. The molecule has 0 radical (unpaired) electrons. The zero-order valence-corrected chi connectivity index (χ0v) is 17.9. The molecule has 4 rings (SSSR count). The molecule has 0 saturated carbocycles. The summed E-state index contributed by atoms with van der Waals surface area (Å²) in [5.74, 6) is 0.444. The van der Waals surface area contributed by atoms with Gasteiger partial charge < -0.3 is 9.64 Å². The third-order valence-corrected chi connectivity index (χ3v) is 6.67. The Labute approximate surface area is 182 Å². The van der Waals surface area contributed by atoms with Crippen LogP contribution in [0.15, 0.2) is 48.5 Å². The van der Waals surface area contributed by atoms with Crippen LogP contribution in [0.1, 0.15) is 37.7 Å². The summed E-state index contributed by atoms with van der Waals surface area (Å²) in [5.41, 5.74) is 1.12. The van der Waals surface area contributed by atoms with Gasteiger partial charge in [0.2, 0.25) is 0 Å². The Morgan fingerprint density at radius 3 is 2.63 bits per heavy atom. The van der Waals surface area contributed by atoms with Crippen LogP contribution in [0.25, 0.3) is 0 Å². The standard InChI is InChI=1S/C24H28ClFN2O2/c25-20-6-2-8-22(16-20)30-18-23(29)27-12-3-9-24(11-14-27)10-4-13-28(24)17-19-5-1-7-21(26)15-19/h1-2,5-8,15-16H,3-4,9-14,17-18H2. The lowest BCUT2D eigenvalue weighted by Gasteiger charge is -2.38. The van der Waals surface area contributed by atoms with E-state index >= 15 is 0 Å². The highest BCUT2D eigenvalue weighted by Gasteiger charge is 2.42. The van der Waals surface area contributed by atoms with Crippen LogP contribution >= 0.6 is 11.6 Å². The van der Waals surface area contributed by atoms with Crippen molar-refractivity contribution in [3.8, 4) is 5.75 Å². The SMILES string of the molecule is O=C(COc1cccc(Cl)c1)N1CCCC2(CCCN2Cc2cccc(F)c2)CC1. The van der Waals surface area contributed by atoms with E-state index in [1.165, 1.54) is 6.07 Å². The molecule has 0 bridgehead atoms. The topological polar surface area (TPSA) is 32.8 Å². The van der Waals surface area contributed by atoms with E-state index in [9.17, 15) is 9.18 Å². The maximum atomic E-state index is 13.6. The molecule has 2 saturated heterocycles. The summed E-state index contributed by atoms with van der Waals surface area (Å²) >= 11 is 5.98. The van der Waals surface area contributed by atoms with E-state index in [4.69, 9.17) is 16.3 Å². The predicted molar refractivity (Wildman–Crippen MR) is 116 cm³/mol. The van der Waals surface area contributed by atoms with Crippen molar-refractivity contribution in [2.24, 2.45) is 0 Å². The lowest BCUT2D eigenvalue weighted by atomic mass is 9.87. The van der Waals surface area contributed by atoms with Crippen molar-refractivity contribution < 1.29 is 13.9 Å². The van der Waals surface area contributed by atoms with Gasteiger partial charge in [-0.25, -0.2) is 4.39 Å². The van der Waals surface area contributed by atoms with Gasteiger partial charge in [0.05, 0.1) is 0 Å². The lowest BCUT2D eigenvalue weighted by molar-refractivity contribution is -0.133. The number of amides is 1. The second-order valence-corrected chi connectivity index (χ2v) is 8.80. The summed E-state index contributed by atoms with van der Waals surface area (Å²) in [5, 5.41) is 0.594. The molecule has 2 heterocycles. The Morgan fingerprint density at radius 1 is 1.03 bits per heavy atom. The number of hydrogen-bond donors (Lipinski definition) is 0. The summed E-state index contributed by atoms with van der Waals surface area (Å²) in [6.07, 6.45) is 5.29. The Bertz CT molecular complexity index is 893. The average molecular weight is 431 g/mol. The third-order valence-electron chi connectivity index (χ3n) is 6.43. The smallest absolute Gasteiger partial charge is 0.260 e. The quantitative estimate of drug-likeness (QED) is 0.676. The summed E-state index contributed by atoms with van der Waals surface area (Å²) in [6, 6.07) is 14.0. The van der Waals surface area contributed by atoms with Crippen LogP contribution in [-0.2, 0) is 11.3 Å². The molecule has 160 valence electrons. The largest absolute Gasteiger partial charge is 0.484 e. The zero-order valence-electron chi connectivity index (χ0n) is 17.2. The average Bonchev–Trinajstić information content (AvgIpc) is 2.97. The normalized spacial score (nSPS) is 22.3. The number of likely N-dealkylation sites (tertiary alicyclic amines) is 2. The maximum absolute atomic E-state index is 13.6. The van der Waals surface area contributed by atoms with Crippen LogP contribution in [0.4, 0.5) is 4.39 Å². The molecule has 0 aromatic heterocycles. The molecule has 30 heavy (non-hydrogen) atoms. The first-order valence-electron chi connectivity index (χ1n) is 10.7. The van der Waals surface area contributed by atoms with Gasteiger partial charge in [-0.2, -0.15) is 0 Å². The molecule has 1 spiro atoms. The predicted octanol–water partition coefficient (Wildman–Crippen LogP) is 4.91. The monoisotopic (exact) mass is 430 g/mol. The molecule has 1 unspecified atom stereocenters. The maximum Gasteiger partial charge on any atom is 0.260 e. The van der Waals surface area contributed by atoms with E-state index in [0.29, 0.717) is 10.8 Å². The lowest BCUT2D eigenvalue weighted by Crippen LogP contribution is -2.44. The summed E-state index contributed by atoms with van der Waals surface area (Å²) in [6.45, 7) is 3.32. The molecule has 1 atom stereocenters. The molecule has 2 aromatic rings. The van der Waals surface area contributed by atoms with Gasteiger partial charge in [-0.3, -0.25) is 9.69 Å². The van der Waals surface area contributed by atoms with E-state index in [2.05, 4.69) is 4.90 Å². The van der Waals surface area contributed by atoms with Crippen LogP contribution < -0.4 is 4.74 Å².